The Morgan fingerprint density at radius 1 is 1.25 bits per heavy atom. The molecule has 0 aliphatic carbocycles. The SMILES string of the molecule is Cc1ccc(N(CCC(=O)O)C(=O)C(C)C(C)N)cc1. The van der Waals surface area contributed by atoms with Crippen molar-refractivity contribution in [3.05, 3.63) is 29.8 Å². The second-order valence-electron chi connectivity index (χ2n) is 5.12. The molecule has 0 fully saturated rings. The van der Waals surface area contributed by atoms with Gasteiger partial charge in [-0.3, -0.25) is 9.59 Å². The van der Waals surface area contributed by atoms with Gasteiger partial charge in [0.25, 0.3) is 0 Å². The lowest BCUT2D eigenvalue weighted by atomic mass is 10.0. The van der Waals surface area contributed by atoms with E-state index >= 15 is 0 Å². The van der Waals surface area contributed by atoms with Gasteiger partial charge >= 0.3 is 5.97 Å². The highest BCUT2D eigenvalue weighted by Crippen LogP contribution is 2.19. The van der Waals surface area contributed by atoms with Gasteiger partial charge in [-0.05, 0) is 26.0 Å². The molecule has 0 spiro atoms. The summed E-state index contributed by atoms with van der Waals surface area (Å²) >= 11 is 0. The summed E-state index contributed by atoms with van der Waals surface area (Å²) in [5.41, 5.74) is 7.56. The van der Waals surface area contributed by atoms with Gasteiger partial charge in [-0.15, -0.1) is 0 Å². The van der Waals surface area contributed by atoms with Gasteiger partial charge in [-0.2, -0.15) is 0 Å². The number of benzene rings is 1. The smallest absolute Gasteiger partial charge is 0.305 e. The van der Waals surface area contributed by atoms with Crippen molar-refractivity contribution in [2.45, 2.75) is 33.2 Å². The summed E-state index contributed by atoms with van der Waals surface area (Å²) in [6, 6.07) is 7.16. The van der Waals surface area contributed by atoms with E-state index in [1.165, 1.54) is 4.90 Å². The molecule has 1 aromatic rings. The second-order valence-corrected chi connectivity index (χ2v) is 5.12. The number of aryl methyl sites for hydroxylation is 1. The van der Waals surface area contributed by atoms with E-state index in [0.29, 0.717) is 5.69 Å². The van der Waals surface area contributed by atoms with E-state index in [9.17, 15) is 9.59 Å². The number of hydrogen-bond acceptors (Lipinski definition) is 3. The molecule has 1 amide bonds. The van der Waals surface area contributed by atoms with Gasteiger partial charge in [-0.1, -0.05) is 24.6 Å². The molecule has 110 valence electrons. The lowest BCUT2D eigenvalue weighted by Crippen LogP contribution is -2.42. The number of rotatable bonds is 6. The quantitative estimate of drug-likeness (QED) is 0.831. The fourth-order valence-corrected chi connectivity index (χ4v) is 1.77. The Labute approximate surface area is 119 Å². The molecule has 0 aromatic heterocycles. The van der Waals surface area contributed by atoms with Crippen LogP contribution in [0.15, 0.2) is 24.3 Å². The minimum atomic E-state index is -0.927. The zero-order chi connectivity index (χ0) is 15.3. The van der Waals surface area contributed by atoms with Crippen LogP contribution in [0.4, 0.5) is 5.69 Å². The van der Waals surface area contributed by atoms with Crippen molar-refractivity contribution in [2.75, 3.05) is 11.4 Å². The molecule has 2 atom stereocenters. The zero-order valence-electron chi connectivity index (χ0n) is 12.2. The lowest BCUT2D eigenvalue weighted by Gasteiger charge is -2.27. The minimum Gasteiger partial charge on any atom is -0.481 e. The first-order valence-corrected chi connectivity index (χ1v) is 6.68. The number of carbonyl (C=O) groups excluding carboxylic acids is 1. The predicted molar refractivity (Wildman–Crippen MR) is 78.6 cm³/mol. The molecular formula is C15H22N2O3. The van der Waals surface area contributed by atoms with Gasteiger partial charge in [0.2, 0.25) is 5.91 Å². The van der Waals surface area contributed by atoms with Crippen LogP contribution in [0.1, 0.15) is 25.8 Å². The van der Waals surface area contributed by atoms with Crippen LogP contribution in [-0.2, 0) is 9.59 Å². The van der Waals surface area contributed by atoms with Crippen LogP contribution in [-0.4, -0.2) is 29.6 Å². The Bertz CT molecular complexity index is 469. The molecule has 2 unspecified atom stereocenters. The Balaban J connectivity index is 2.98. The summed E-state index contributed by atoms with van der Waals surface area (Å²) in [5, 5.41) is 8.82. The topological polar surface area (TPSA) is 83.6 Å². The monoisotopic (exact) mass is 278 g/mol. The summed E-state index contributed by atoms with van der Waals surface area (Å²) in [5.74, 6) is -1.43. The Morgan fingerprint density at radius 2 is 1.80 bits per heavy atom. The van der Waals surface area contributed by atoms with E-state index < -0.39 is 5.97 Å². The van der Waals surface area contributed by atoms with Crippen LogP contribution >= 0.6 is 0 Å². The number of carboxylic acids is 1. The third-order valence-corrected chi connectivity index (χ3v) is 3.34. The molecule has 3 N–H and O–H groups in total. The summed E-state index contributed by atoms with van der Waals surface area (Å²) in [6.45, 7) is 5.63. The van der Waals surface area contributed by atoms with Crippen molar-refractivity contribution < 1.29 is 14.7 Å². The van der Waals surface area contributed by atoms with Crippen LogP contribution < -0.4 is 10.6 Å². The molecule has 0 bridgehead atoms. The van der Waals surface area contributed by atoms with Gasteiger partial charge in [-0.25, -0.2) is 0 Å². The predicted octanol–water partition coefficient (Wildman–Crippen LogP) is 1.79. The molecule has 1 rings (SSSR count). The van der Waals surface area contributed by atoms with Gasteiger partial charge in [0.1, 0.15) is 0 Å². The number of hydrogen-bond donors (Lipinski definition) is 2. The van der Waals surface area contributed by atoms with Crippen LogP contribution in [0.2, 0.25) is 0 Å². The highest BCUT2D eigenvalue weighted by atomic mass is 16.4. The van der Waals surface area contributed by atoms with E-state index in [-0.39, 0.29) is 30.8 Å². The fourth-order valence-electron chi connectivity index (χ4n) is 1.77. The van der Waals surface area contributed by atoms with E-state index in [1.807, 2.05) is 31.2 Å². The van der Waals surface area contributed by atoms with Crippen LogP contribution in [0.5, 0.6) is 0 Å². The first-order chi connectivity index (χ1) is 9.32. The van der Waals surface area contributed by atoms with Gasteiger partial charge in [0.15, 0.2) is 0 Å². The molecule has 0 aliphatic rings. The molecular weight excluding hydrogens is 256 g/mol. The molecule has 5 nitrogen and oxygen atoms in total. The second kappa shape index (κ2) is 7.05. The number of aliphatic carboxylic acids is 1. The van der Waals surface area contributed by atoms with E-state index in [4.69, 9.17) is 10.8 Å². The van der Waals surface area contributed by atoms with Crippen molar-refractivity contribution >= 4 is 17.6 Å². The Hall–Kier alpha value is -1.88. The van der Waals surface area contributed by atoms with E-state index in [0.717, 1.165) is 5.56 Å². The number of amides is 1. The molecule has 0 radical (unpaired) electrons. The zero-order valence-corrected chi connectivity index (χ0v) is 12.2. The van der Waals surface area contributed by atoms with Crippen LogP contribution in [0.25, 0.3) is 0 Å². The normalized spacial score (nSPS) is 13.6. The number of carbonyl (C=O) groups is 2. The Morgan fingerprint density at radius 3 is 2.25 bits per heavy atom. The molecule has 0 saturated heterocycles. The summed E-state index contributed by atoms with van der Waals surface area (Å²) in [7, 11) is 0. The maximum Gasteiger partial charge on any atom is 0.305 e. The number of carboxylic acid groups (broad SMARTS) is 1. The first kappa shape index (κ1) is 16.2. The average Bonchev–Trinajstić information content (AvgIpc) is 2.39. The summed E-state index contributed by atoms with van der Waals surface area (Å²) in [4.78, 5) is 24.7. The highest BCUT2D eigenvalue weighted by molar-refractivity contribution is 5.95. The minimum absolute atomic E-state index is 0.0920. The number of anilines is 1. The van der Waals surface area contributed by atoms with Crippen molar-refractivity contribution in [1.29, 1.82) is 0 Å². The third-order valence-electron chi connectivity index (χ3n) is 3.34. The number of nitrogens with zero attached hydrogens (tertiary/aromatic N) is 1. The van der Waals surface area contributed by atoms with E-state index in [2.05, 4.69) is 0 Å². The van der Waals surface area contributed by atoms with Gasteiger partial charge < -0.3 is 15.7 Å². The van der Waals surface area contributed by atoms with Crippen molar-refractivity contribution in [3.63, 3.8) is 0 Å². The Kier molecular flexibility index (Phi) is 5.70. The molecule has 1 aromatic carbocycles. The van der Waals surface area contributed by atoms with Gasteiger partial charge in [0.05, 0.1) is 12.3 Å². The summed E-state index contributed by atoms with van der Waals surface area (Å²) in [6.07, 6.45) is -0.0920. The standard InChI is InChI=1S/C15H22N2O3/c1-10-4-6-13(7-5-10)17(9-8-14(18)19)15(20)11(2)12(3)16/h4-7,11-12H,8-9,16H2,1-3H3,(H,18,19). The first-order valence-electron chi connectivity index (χ1n) is 6.68. The molecule has 20 heavy (non-hydrogen) atoms. The van der Waals surface area contributed by atoms with Crippen LogP contribution in [0.3, 0.4) is 0 Å². The lowest BCUT2D eigenvalue weighted by molar-refractivity contribution is -0.136. The maximum absolute atomic E-state index is 12.4. The van der Waals surface area contributed by atoms with Gasteiger partial charge in [0, 0.05) is 18.3 Å². The molecule has 5 heteroatoms. The maximum atomic E-state index is 12.4. The largest absolute Gasteiger partial charge is 0.481 e. The van der Waals surface area contributed by atoms with Crippen molar-refractivity contribution in [2.24, 2.45) is 11.7 Å². The van der Waals surface area contributed by atoms with Crippen LogP contribution in [0, 0.1) is 12.8 Å². The molecule has 0 heterocycles. The highest BCUT2D eigenvalue weighted by Gasteiger charge is 2.24. The number of nitrogens with two attached hydrogens (primary N) is 1. The van der Waals surface area contributed by atoms with Crippen molar-refractivity contribution in [1.82, 2.24) is 0 Å². The average molecular weight is 278 g/mol. The van der Waals surface area contributed by atoms with E-state index in [1.54, 1.807) is 13.8 Å². The third kappa shape index (κ3) is 4.35. The fraction of sp³-hybridized carbons (Fsp3) is 0.467. The van der Waals surface area contributed by atoms with Crippen molar-refractivity contribution in [3.8, 4) is 0 Å². The molecule has 0 saturated carbocycles. The summed E-state index contributed by atoms with van der Waals surface area (Å²) < 4.78 is 0. The molecule has 0 aliphatic heterocycles.